The fraction of sp³-hybridized carbons (Fsp3) is 0.889. The summed E-state index contributed by atoms with van der Waals surface area (Å²) in [6.07, 6.45) is 5.03. The number of alkyl carbamates (subject to hydrolysis) is 1. The summed E-state index contributed by atoms with van der Waals surface area (Å²) in [5.74, 6) is 0. The Labute approximate surface area is 212 Å². The number of hydrogen-bond acceptors (Lipinski definition) is 8. The number of nitrogens with one attached hydrogen (secondary N) is 1. The number of hydrogen-bond donors (Lipinski definition) is 1. The molecule has 0 unspecified atom stereocenters. The predicted molar refractivity (Wildman–Crippen MR) is 121 cm³/mol. The van der Waals surface area contributed by atoms with Crippen molar-refractivity contribution in [2.45, 2.75) is 57.5 Å². The molecule has 1 N–H and O–H groups in total. The number of rotatable bonds is 15. The number of quaternary nitrogens is 1. The summed E-state index contributed by atoms with van der Waals surface area (Å²) in [5.41, 5.74) is -12.4. The van der Waals surface area contributed by atoms with Crippen LogP contribution < -0.4 is 5.32 Å². The maximum absolute atomic E-state index is 11.6. The molecule has 0 atom stereocenters. The number of amides is 1. The van der Waals surface area contributed by atoms with Crippen molar-refractivity contribution < 1.29 is 62.0 Å². The molecule has 37 heavy (non-hydrogen) atoms. The highest BCUT2D eigenvalue weighted by molar-refractivity contribution is 8.13. The first-order valence-corrected chi connectivity index (χ1v) is 13.9. The van der Waals surface area contributed by atoms with Gasteiger partial charge in [-0.05, 0) is 33.6 Å². The van der Waals surface area contributed by atoms with Gasteiger partial charge in [-0.25, -0.2) is 31.4 Å². The minimum absolute atomic E-state index is 0.327. The van der Waals surface area contributed by atoms with E-state index in [-0.39, 0.29) is 6.09 Å². The normalized spacial score (nSPS) is 12.7. The van der Waals surface area contributed by atoms with E-state index in [1.165, 1.54) is 6.08 Å². The molecule has 0 aromatic rings. The smallest absolute Gasteiger partial charge is 0.444 e. The van der Waals surface area contributed by atoms with Crippen molar-refractivity contribution in [2.24, 2.45) is 4.99 Å². The Morgan fingerprint density at radius 3 is 1.76 bits per heavy atom. The number of unbranched alkanes of at least 4 members (excludes halogenated alkanes) is 3. The van der Waals surface area contributed by atoms with E-state index in [4.69, 9.17) is 4.74 Å². The zero-order valence-corrected chi connectivity index (χ0v) is 22.2. The van der Waals surface area contributed by atoms with Crippen molar-refractivity contribution in [1.29, 1.82) is 0 Å². The summed E-state index contributed by atoms with van der Waals surface area (Å²) in [6.45, 7) is 12.2. The Bertz CT molecular complexity index is 881. The van der Waals surface area contributed by atoms with Gasteiger partial charge in [0, 0.05) is 6.54 Å². The fourth-order valence-corrected chi connectivity index (χ4v) is 4.36. The van der Waals surface area contributed by atoms with E-state index in [1.807, 2.05) is 0 Å². The van der Waals surface area contributed by atoms with Crippen LogP contribution in [0.15, 0.2) is 4.99 Å². The van der Waals surface area contributed by atoms with Crippen LogP contribution in [0.3, 0.4) is 0 Å². The van der Waals surface area contributed by atoms with Crippen LogP contribution in [-0.2, 0) is 29.6 Å². The molecular formula is C18H32F6N4O7S2. The summed E-state index contributed by atoms with van der Waals surface area (Å²) in [6, 6.07) is 0. The van der Waals surface area contributed by atoms with E-state index in [0.717, 1.165) is 60.5 Å². The average molecular weight is 595 g/mol. The molecule has 220 valence electrons. The van der Waals surface area contributed by atoms with Gasteiger partial charge in [0.1, 0.15) is 13.2 Å². The van der Waals surface area contributed by atoms with Crippen molar-refractivity contribution in [2.75, 3.05) is 45.9 Å². The molecule has 11 nitrogen and oxygen atoms in total. The molecule has 0 aromatic carbocycles. The fourth-order valence-electron chi connectivity index (χ4n) is 2.65. The van der Waals surface area contributed by atoms with Crippen molar-refractivity contribution in [3.8, 4) is 0 Å². The molecule has 1 amide bonds. The summed E-state index contributed by atoms with van der Waals surface area (Å²) >= 11 is 0. The second-order valence-electron chi connectivity index (χ2n) is 7.38. The second-order valence-corrected chi connectivity index (χ2v) is 10.8. The zero-order valence-electron chi connectivity index (χ0n) is 20.6. The Hall–Kier alpha value is -1.95. The molecule has 0 aliphatic carbocycles. The summed E-state index contributed by atoms with van der Waals surface area (Å²) in [5, 5.41) is 2.77. The van der Waals surface area contributed by atoms with Gasteiger partial charge in [0.25, 0.3) is 0 Å². The predicted octanol–water partition coefficient (Wildman–Crippen LogP) is 3.54. The van der Waals surface area contributed by atoms with Crippen LogP contribution in [0.5, 0.6) is 0 Å². The van der Waals surface area contributed by atoms with E-state index in [0.29, 0.717) is 19.7 Å². The summed E-state index contributed by atoms with van der Waals surface area (Å²) < 4.78 is 115. The number of ether oxygens (including phenoxy) is 1. The van der Waals surface area contributed by atoms with Crippen LogP contribution >= 0.6 is 0 Å². The van der Waals surface area contributed by atoms with Gasteiger partial charge in [-0.15, -0.1) is 0 Å². The highest BCUT2D eigenvalue weighted by Crippen LogP contribution is 2.36. The van der Waals surface area contributed by atoms with E-state index >= 15 is 0 Å². The number of halogens is 6. The molecule has 0 radical (unpaired) electrons. The summed E-state index contributed by atoms with van der Waals surface area (Å²) in [4.78, 5) is 24.9. The number of likely N-dealkylation sites (N-methyl/N-ethyl adjacent to an activating group) is 1. The van der Waals surface area contributed by atoms with Crippen LogP contribution in [0.1, 0.15) is 46.5 Å². The van der Waals surface area contributed by atoms with E-state index in [1.54, 1.807) is 0 Å². The zero-order chi connectivity index (χ0) is 29.4. The number of aliphatic imine (C=N–C) groups is 1. The Kier molecular flexibility index (Phi) is 16.9. The highest BCUT2D eigenvalue weighted by atomic mass is 32.3. The quantitative estimate of drug-likeness (QED) is 0.100. The Morgan fingerprint density at radius 2 is 1.35 bits per heavy atom. The first kappa shape index (κ1) is 37.2. The van der Waals surface area contributed by atoms with Gasteiger partial charge in [-0.2, -0.15) is 26.3 Å². The van der Waals surface area contributed by atoms with E-state index in [2.05, 4.69) is 31.1 Å². The lowest BCUT2D eigenvalue weighted by molar-refractivity contribution is -0.923. The van der Waals surface area contributed by atoms with Crippen LogP contribution in [0, 0.1) is 0 Å². The molecule has 0 aliphatic heterocycles. The molecule has 0 rings (SSSR count). The van der Waals surface area contributed by atoms with Crippen LogP contribution in [0.25, 0.3) is 4.13 Å². The average Bonchev–Trinajstić information content (AvgIpc) is 2.77. The molecule has 0 spiro atoms. The van der Waals surface area contributed by atoms with Gasteiger partial charge in [0.05, 0.1) is 26.2 Å². The second kappa shape index (κ2) is 16.8. The van der Waals surface area contributed by atoms with Gasteiger partial charge < -0.3 is 18.7 Å². The molecule has 19 heteroatoms. The van der Waals surface area contributed by atoms with Gasteiger partial charge in [-0.3, -0.25) is 0 Å². The molecule has 0 aromatic heterocycles. The van der Waals surface area contributed by atoms with Gasteiger partial charge >= 0.3 is 17.1 Å². The van der Waals surface area contributed by atoms with Crippen LogP contribution in [0.4, 0.5) is 31.1 Å². The molecule has 0 bridgehead atoms. The molecular weight excluding hydrogens is 562 g/mol. The molecule has 0 saturated heterocycles. The van der Waals surface area contributed by atoms with Gasteiger partial charge in [0.15, 0.2) is 20.0 Å². The third kappa shape index (κ3) is 15.1. The monoisotopic (exact) mass is 594 g/mol. The maximum Gasteiger partial charge on any atom is 0.480 e. The first-order chi connectivity index (χ1) is 16.8. The van der Waals surface area contributed by atoms with E-state index < -0.39 is 31.1 Å². The Morgan fingerprint density at radius 1 is 0.892 bits per heavy atom. The molecule has 0 heterocycles. The van der Waals surface area contributed by atoms with E-state index in [9.17, 15) is 52.8 Å². The minimum Gasteiger partial charge on any atom is -0.444 e. The largest absolute Gasteiger partial charge is 0.480 e. The Balaban J connectivity index is 0. The molecule has 0 aliphatic rings. The lowest BCUT2D eigenvalue weighted by Gasteiger charge is -2.35. The van der Waals surface area contributed by atoms with Crippen molar-refractivity contribution >= 4 is 32.2 Å². The maximum atomic E-state index is 11.6. The number of alkyl halides is 6. The minimum atomic E-state index is -6.72. The SMILES string of the molecule is CC[N+](CC)(CC)CCOC(=O)NCCCCCCN=C=O.O=S(=O)([N-]S(=O)(=O)C(F)(F)F)C(F)(F)F. The van der Waals surface area contributed by atoms with Gasteiger partial charge in [0.2, 0.25) is 6.08 Å². The topological polar surface area (TPSA) is 150 Å². The van der Waals surface area contributed by atoms with Crippen LogP contribution in [-0.4, -0.2) is 90.4 Å². The lowest BCUT2D eigenvalue weighted by Crippen LogP contribution is -2.50. The third-order valence-electron chi connectivity index (χ3n) is 5.12. The third-order valence-corrected chi connectivity index (χ3v) is 7.86. The lowest BCUT2D eigenvalue weighted by atomic mass is 10.2. The number of isocyanates is 1. The number of nitrogens with zero attached hydrogens (tertiary/aromatic N) is 3. The standard InChI is InChI=1S/C16H31N3O3.C2F6NO4S2/c1-4-19(5-2,6-3)13-14-22-16(21)18-12-10-8-7-9-11-17-15-20;3-1(4,5)14(10,11)9-15(12,13)2(6,7)8/h4-14H2,1-3H3;/q;-1/p+1. The van der Waals surface area contributed by atoms with Crippen molar-refractivity contribution in [3.05, 3.63) is 4.13 Å². The molecule has 0 fully saturated rings. The van der Waals surface area contributed by atoms with Crippen LogP contribution in [0.2, 0.25) is 0 Å². The number of carbonyl (C=O) groups excluding carboxylic acids is 2. The first-order valence-electron chi connectivity index (χ1n) is 11.0. The molecule has 0 saturated carbocycles. The number of sulfonamides is 2. The van der Waals surface area contributed by atoms with Crippen molar-refractivity contribution in [3.63, 3.8) is 0 Å². The van der Waals surface area contributed by atoms with Crippen molar-refractivity contribution in [1.82, 2.24) is 5.32 Å². The van der Waals surface area contributed by atoms with Gasteiger partial charge in [-0.1, -0.05) is 12.8 Å². The highest BCUT2D eigenvalue weighted by Gasteiger charge is 2.46. The summed E-state index contributed by atoms with van der Waals surface area (Å²) in [7, 11) is -13.4. The number of carbonyl (C=O) groups is 1.